The topological polar surface area (TPSA) is 49.7 Å². The molecule has 1 fully saturated rings. The van der Waals surface area contributed by atoms with Crippen molar-refractivity contribution in [1.82, 2.24) is 0 Å². The third-order valence-electron chi connectivity index (χ3n) is 1.25. The molecule has 2 N–H and O–H groups in total. The Kier molecular flexibility index (Phi) is 3.31. The molecule has 0 aromatic carbocycles. The number of rotatable bonds is 2. The van der Waals surface area contributed by atoms with Crippen LogP contribution in [0, 0.1) is 0 Å². The van der Waals surface area contributed by atoms with Crippen LogP contribution in [0.15, 0.2) is 0 Å². The van der Waals surface area contributed by atoms with Crippen molar-refractivity contribution < 1.29 is 14.1 Å². The first-order valence-electron chi connectivity index (χ1n) is 2.90. The molecule has 1 rings (SSSR count). The summed E-state index contributed by atoms with van der Waals surface area (Å²) in [6, 6.07) is 0. The van der Waals surface area contributed by atoms with Gasteiger partial charge in [0.1, 0.15) is 0 Å². The molecule has 0 spiro atoms. The van der Waals surface area contributed by atoms with Crippen LogP contribution in [0.4, 0.5) is 0 Å². The Bertz CT molecular complexity index is 81.9. The van der Waals surface area contributed by atoms with Gasteiger partial charge in [-0.2, -0.15) is 0 Å². The van der Waals surface area contributed by atoms with E-state index in [1.165, 1.54) is 12.8 Å². The highest BCUT2D eigenvalue weighted by molar-refractivity contribution is 7.61. The van der Waals surface area contributed by atoms with Gasteiger partial charge in [-0.3, -0.25) is 4.31 Å². The molecule has 1 heterocycles. The summed E-state index contributed by atoms with van der Waals surface area (Å²) in [5.41, 5.74) is 0. The predicted octanol–water partition coefficient (Wildman–Crippen LogP) is 1.41. The smallest absolute Gasteiger partial charge is 0.328 e. The molecule has 0 unspecified atom stereocenters. The lowest BCUT2D eigenvalue weighted by Crippen LogP contribution is -1.79. The van der Waals surface area contributed by atoms with Gasteiger partial charge in [-0.15, -0.1) is 0 Å². The Balaban J connectivity index is 2.11. The fourth-order valence-corrected chi connectivity index (χ4v) is 3.73. The molecule has 1 aliphatic rings. The van der Waals surface area contributed by atoms with Crippen LogP contribution in [0.2, 0.25) is 0 Å². The molecule has 0 bridgehead atoms. The highest BCUT2D eigenvalue weighted by Gasteiger charge is 2.18. The zero-order chi connectivity index (χ0) is 6.69. The summed E-state index contributed by atoms with van der Waals surface area (Å²) in [7, 11) is -2.54. The molecule has 54 valence electrons. The number of hydrogen-bond donors (Lipinski definition) is 2. The van der Waals surface area contributed by atoms with Gasteiger partial charge in [-0.25, -0.2) is 0 Å². The van der Waals surface area contributed by atoms with E-state index in [-0.39, 0.29) is 0 Å². The molecule has 1 aliphatic heterocycles. The van der Waals surface area contributed by atoms with E-state index in [1.54, 1.807) is 0 Å². The van der Waals surface area contributed by atoms with Crippen molar-refractivity contribution >= 4 is 16.8 Å². The second kappa shape index (κ2) is 3.80. The van der Waals surface area contributed by atoms with Gasteiger partial charge in [0, 0.05) is 8.15 Å². The van der Waals surface area contributed by atoms with E-state index in [9.17, 15) is 0 Å². The van der Waals surface area contributed by atoms with Crippen LogP contribution < -0.4 is 0 Å². The molecule has 0 aromatic heterocycles. The maximum atomic E-state index is 8.43. The van der Waals surface area contributed by atoms with Crippen LogP contribution in [0.3, 0.4) is 0 Å². The van der Waals surface area contributed by atoms with Crippen molar-refractivity contribution in [3.8, 4) is 0 Å². The highest BCUT2D eigenvalue weighted by atomic mass is 31.2. The zero-order valence-corrected chi connectivity index (χ0v) is 6.81. The lowest BCUT2D eigenvalue weighted by molar-refractivity contribution is 0.390. The molecule has 0 atom stereocenters. The average molecular weight is 168 g/mol. The largest absolute Gasteiger partial charge is 0.330 e. The molecule has 0 saturated carbocycles. The minimum atomic E-state index is -2.08. The molecule has 0 amide bonds. The maximum absolute atomic E-state index is 8.43. The third kappa shape index (κ3) is 2.88. The summed E-state index contributed by atoms with van der Waals surface area (Å²) in [5, 5.41) is 0. The summed E-state index contributed by atoms with van der Waals surface area (Å²) in [6.45, 7) is 0. The van der Waals surface area contributed by atoms with Crippen molar-refractivity contribution in [1.29, 1.82) is 0 Å². The van der Waals surface area contributed by atoms with E-state index in [2.05, 4.69) is 0 Å². The molecule has 1 saturated heterocycles. The van der Waals surface area contributed by atoms with Crippen molar-refractivity contribution in [2.45, 2.75) is 12.8 Å². The van der Waals surface area contributed by atoms with Crippen LogP contribution in [0.5, 0.6) is 0 Å². The molecule has 3 nitrogen and oxygen atoms in total. The standard InChI is InChI=1S/C4H10O3P2/c5-9(6)7-8-3-1-2-4-8/h5-6H,1-4H2. The van der Waals surface area contributed by atoms with E-state index < -0.39 is 16.8 Å². The van der Waals surface area contributed by atoms with Gasteiger partial charge in [0.05, 0.1) is 0 Å². The lowest BCUT2D eigenvalue weighted by atomic mass is 10.4. The Morgan fingerprint density at radius 1 is 1.22 bits per heavy atom. The fraction of sp³-hybridized carbons (Fsp3) is 1.00. The summed E-state index contributed by atoms with van der Waals surface area (Å²) >= 11 is 0. The van der Waals surface area contributed by atoms with Crippen molar-refractivity contribution in [2.75, 3.05) is 12.3 Å². The predicted molar refractivity (Wildman–Crippen MR) is 38.3 cm³/mol. The van der Waals surface area contributed by atoms with Crippen LogP contribution in [0.1, 0.15) is 12.8 Å². The first-order chi connectivity index (χ1) is 4.29. The normalized spacial score (nSPS) is 21.7. The second-order valence-electron chi connectivity index (χ2n) is 1.97. The van der Waals surface area contributed by atoms with Gasteiger partial charge >= 0.3 is 8.60 Å². The third-order valence-corrected chi connectivity index (χ3v) is 4.39. The monoisotopic (exact) mass is 168 g/mol. The van der Waals surface area contributed by atoms with Crippen LogP contribution in [-0.2, 0) is 4.31 Å². The van der Waals surface area contributed by atoms with E-state index in [4.69, 9.17) is 14.1 Å². The first-order valence-corrected chi connectivity index (χ1v) is 5.69. The van der Waals surface area contributed by atoms with Gasteiger partial charge < -0.3 is 9.79 Å². The summed E-state index contributed by atoms with van der Waals surface area (Å²) in [5.74, 6) is 0. The van der Waals surface area contributed by atoms with Crippen LogP contribution >= 0.6 is 16.8 Å². The first kappa shape index (κ1) is 7.84. The molecule has 0 radical (unpaired) electrons. The molecule has 5 heteroatoms. The Labute approximate surface area is 56.9 Å². The SMILES string of the molecule is OP(O)OP1CCCC1. The molecular formula is C4H10O3P2. The maximum Gasteiger partial charge on any atom is 0.330 e. The van der Waals surface area contributed by atoms with E-state index in [0.717, 1.165) is 12.3 Å². The molecule has 9 heavy (non-hydrogen) atoms. The summed E-state index contributed by atoms with van der Waals surface area (Å²) in [6.07, 6.45) is 4.48. The van der Waals surface area contributed by atoms with E-state index >= 15 is 0 Å². The van der Waals surface area contributed by atoms with Crippen molar-refractivity contribution in [2.24, 2.45) is 0 Å². The van der Waals surface area contributed by atoms with Crippen molar-refractivity contribution in [3.63, 3.8) is 0 Å². The summed E-state index contributed by atoms with van der Waals surface area (Å²) in [4.78, 5) is 16.9. The van der Waals surface area contributed by atoms with Gasteiger partial charge in [-0.05, 0) is 25.2 Å². The minimum absolute atomic E-state index is 0.456. The quantitative estimate of drug-likeness (QED) is 0.612. The van der Waals surface area contributed by atoms with Crippen molar-refractivity contribution in [3.05, 3.63) is 0 Å². The Hall–Kier alpha value is 0.740. The van der Waals surface area contributed by atoms with Gasteiger partial charge in [-0.1, -0.05) is 0 Å². The van der Waals surface area contributed by atoms with Crippen LogP contribution in [0.25, 0.3) is 0 Å². The molecule has 0 aliphatic carbocycles. The molecular weight excluding hydrogens is 158 g/mol. The van der Waals surface area contributed by atoms with Gasteiger partial charge in [0.15, 0.2) is 0 Å². The molecule has 0 aromatic rings. The lowest BCUT2D eigenvalue weighted by Gasteiger charge is -2.09. The Morgan fingerprint density at radius 2 is 1.78 bits per heavy atom. The van der Waals surface area contributed by atoms with Gasteiger partial charge in [0.2, 0.25) is 0 Å². The Morgan fingerprint density at radius 3 is 2.22 bits per heavy atom. The zero-order valence-electron chi connectivity index (χ0n) is 5.03. The fourth-order valence-electron chi connectivity index (χ4n) is 0.873. The average Bonchev–Trinajstić information content (AvgIpc) is 2.15. The summed E-state index contributed by atoms with van der Waals surface area (Å²) < 4.78 is 4.85. The minimum Gasteiger partial charge on any atom is -0.328 e. The van der Waals surface area contributed by atoms with E-state index in [0.29, 0.717) is 0 Å². The van der Waals surface area contributed by atoms with Gasteiger partial charge in [0.25, 0.3) is 0 Å². The van der Waals surface area contributed by atoms with E-state index in [1.807, 2.05) is 0 Å². The highest BCUT2D eigenvalue weighted by Crippen LogP contribution is 2.52. The van der Waals surface area contributed by atoms with Crippen LogP contribution in [-0.4, -0.2) is 22.1 Å². The number of hydrogen-bond acceptors (Lipinski definition) is 3. The second-order valence-corrected chi connectivity index (χ2v) is 4.99.